The van der Waals surface area contributed by atoms with Crippen molar-refractivity contribution in [2.75, 3.05) is 23.8 Å². The number of carbonyl (C=O) groups is 1. The summed E-state index contributed by atoms with van der Waals surface area (Å²) in [6.07, 6.45) is 5.98. The summed E-state index contributed by atoms with van der Waals surface area (Å²) in [6, 6.07) is 7.43. The molecule has 1 aliphatic carbocycles. The van der Waals surface area contributed by atoms with Crippen molar-refractivity contribution in [2.24, 2.45) is 0 Å². The fourth-order valence-electron chi connectivity index (χ4n) is 3.50. The monoisotopic (exact) mass is 368 g/mol. The number of nitrogens with zero attached hydrogens (tertiary/aromatic N) is 2. The number of hydrogen-bond acceptors (Lipinski definition) is 6. The van der Waals surface area contributed by atoms with E-state index in [4.69, 9.17) is 9.47 Å². The van der Waals surface area contributed by atoms with Crippen LogP contribution in [0.4, 0.5) is 11.6 Å². The minimum Gasteiger partial charge on any atom is -0.486 e. The molecule has 1 fully saturated rings. The average Bonchev–Trinajstić information content (AvgIpc) is 2.68. The van der Waals surface area contributed by atoms with E-state index in [0.717, 1.165) is 18.5 Å². The number of anilines is 2. The third-order valence-electron chi connectivity index (χ3n) is 4.83. The molecule has 0 bridgehead atoms. The van der Waals surface area contributed by atoms with E-state index in [-0.39, 0.29) is 5.91 Å². The zero-order valence-electron chi connectivity index (χ0n) is 15.5. The Morgan fingerprint density at radius 3 is 2.63 bits per heavy atom. The van der Waals surface area contributed by atoms with Gasteiger partial charge in [0.1, 0.15) is 18.9 Å². The Bertz CT molecular complexity index is 834. The Morgan fingerprint density at radius 1 is 1.04 bits per heavy atom. The molecule has 0 atom stereocenters. The summed E-state index contributed by atoms with van der Waals surface area (Å²) in [7, 11) is 0. The molecule has 7 nitrogen and oxygen atoms in total. The van der Waals surface area contributed by atoms with Crippen LogP contribution < -0.4 is 20.1 Å². The van der Waals surface area contributed by atoms with Crippen molar-refractivity contribution in [1.82, 2.24) is 9.97 Å². The second-order valence-corrected chi connectivity index (χ2v) is 7.01. The van der Waals surface area contributed by atoms with Crippen molar-refractivity contribution in [1.29, 1.82) is 0 Å². The quantitative estimate of drug-likeness (QED) is 0.858. The summed E-state index contributed by atoms with van der Waals surface area (Å²) in [4.78, 5) is 21.5. The van der Waals surface area contributed by atoms with Gasteiger partial charge in [0.2, 0.25) is 5.95 Å². The van der Waals surface area contributed by atoms with E-state index < -0.39 is 0 Å². The standard InChI is InChI=1S/C20H24N4O3/c1-13-11-16(24-20(21-13)23-14-5-3-2-4-6-14)19(25)22-15-7-8-17-18(12-15)27-10-9-26-17/h7-8,11-12,14H,2-6,9-10H2,1H3,(H,22,25)(H,21,23,24). The van der Waals surface area contributed by atoms with Gasteiger partial charge in [-0.15, -0.1) is 0 Å². The molecule has 1 aliphatic heterocycles. The SMILES string of the molecule is Cc1cc(C(=O)Nc2ccc3c(c2)OCCO3)nc(NC2CCCCC2)n1. The van der Waals surface area contributed by atoms with E-state index in [2.05, 4.69) is 20.6 Å². The lowest BCUT2D eigenvalue weighted by Gasteiger charge is -2.23. The molecule has 1 aromatic carbocycles. The van der Waals surface area contributed by atoms with Gasteiger partial charge < -0.3 is 20.1 Å². The summed E-state index contributed by atoms with van der Waals surface area (Å²) in [5.41, 5.74) is 1.74. The topological polar surface area (TPSA) is 85.4 Å². The molecule has 2 heterocycles. The van der Waals surface area contributed by atoms with Crippen molar-refractivity contribution in [3.63, 3.8) is 0 Å². The van der Waals surface area contributed by atoms with Crippen LogP contribution in [0.5, 0.6) is 11.5 Å². The van der Waals surface area contributed by atoms with Gasteiger partial charge in [-0.1, -0.05) is 19.3 Å². The zero-order valence-corrected chi connectivity index (χ0v) is 15.5. The number of benzene rings is 1. The molecule has 2 aliphatic rings. The Labute approximate surface area is 158 Å². The summed E-state index contributed by atoms with van der Waals surface area (Å²) in [5, 5.41) is 6.26. The molecule has 7 heteroatoms. The van der Waals surface area contributed by atoms with E-state index in [1.54, 1.807) is 24.3 Å². The van der Waals surface area contributed by atoms with Crippen LogP contribution in [0.25, 0.3) is 0 Å². The number of aromatic nitrogens is 2. The molecular weight excluding hydrogens is 344 g/mol. The number of nitrogens with one attached hydrogen (secondary N) is 2. The number of hydrogen-bond donors (Lipinski definition) is 2. The van der Waals surface area contributed by atoms with E-state index in [9.17, 15) is 4.79 Å². The molecule has 1 aromatic heterocycles. The Balaban J connectivity index is 1.48. The third-order valence-corrected chi connectivity index (χ3v) is 4.83. The Morgan fingerprint density at radius 2 is 1.81 bits per heavy atom. The molecule has 0 saturated heterocycles. The number of carbonyl (C=O) groups excluding carboxylic acids is 1. The highest BCUT2D eigenvalue weighted by Gasteiger charge is 2.17. The van der Waals surface area contributed by atoms with Crippen LogP contribution in [-0.4, -0.2) is 35.1 Å². The minimum absolute atomic E-state index is 0.274. The summed E-state index contributed by atoms with van der Waals surface area (Å²) < 4.78 is 11.1. The lowest BCUT2D eigenvalue weighted by Crippen LogP contribution is -2.24. The molecule has 1 saturated carbocycles. The smallest absolute Gasteiger partial charge is 0.274 e. The first-order valence-electron chi connectivity index (χ1n) is 9.50. The predicted octanol–water partition coefficient (Wildman–Crippen LogP) is 3.55. The van der Waals surface area contributed by atoms with Crippen LogP contribution in [0.3, 0.4) is 0 Å². The van der Waals surface area contributed by atoms with Crippen molar-refractivity contribution in [2.45, 2.75) is 45.1 Å². The van der Waals surface area contributed by atoms with Crippen LogP contribution in [0.2, 0.25) is 0 Å². The second-order valence-electron chi connectivity index (χ2n) is 7.01. The summed E-state index contributed by atoms with van der Waals surface area (Å²) >= 11 is 0. The minimum atomic E-state index is -0.274. The third kappa shape index (κ3) is 4.30. The molecule has 0 unspecified atom stereocenters. The van der Waals surface area contributed by atoms with Crippen LogP contribution in [0.15, 0.2) is 24.3 Å². The van der Waals surface area contributed by atoms with Crippen molar-refractivity contribution in [3.05, 3.63) is 35.7 Å². The van der Waals surface area contributed by atoms with Gasteiger partial charge in [0.25, 0.3) is 5.91 Å². The van der Waals surface area contributed by atoms with Crippen molar-refractivity contribution < 1.29 is 14.3 Å². The number of amides is 1. The molecule has 0 radical (unpaired) electrons. The van der Waals surface area contributed by atoms with E-state index in [1.165, 1.54) is 19.3 Å². The van der Waals surface area contributed by atoms with Crippen LogP contribution in [0.1, 0.15) is 48.3 Å². The van der Waals surface area contributed by atoms with Gasteiger partial charge in [0, 0.05) is 23.5 Å². The molecule has 4 rings (SSSR count). The molecule has 2 N–H and O–H groups in total. The normalized spacial score (nSPS) is 16.6. The van der Waals surface area contributed by atoms with Crippen LogP contribution >= 0.6 is 0 Å². The van der Waals surface area contributed by atoms with Gasteiger partial charge in [0.15, 0.2) is 11.5 Å². The van der Waals surface area contributed by atoms with Crippen molar-refractivity contribution in [3.8, 4) is 11.5 Å². The van der Waals surface area contributed by atoms with E-state index in [0.29, 0.717) is 48.1 Å². The molecular formula is C20H24N4O3. The Hall–Kier alpha value is -2.83. The fourth-order valence-corrected chi connectivity index (χ4v) is 3.50. The van der Waals surface area contributed by atoms with Gasteiger partial charge in [-0.2, -0.15) is 0 Å². The van der Waals surface area contributed by atoms with Gasteiger partial charge in [0.05, 0.1) is 0 Å². The lowest BCUT2D eigenvalue weighted by atomic mass is 9.96. The fraction of sp³-hybridized carbons (Fsp3) is 0.450. The summed E-state index contributed by atoms with van der Waals surface area (Å²) in [6.45, 7) is 2.91. The number of aryl methyl sites for hydroxylation is 1. The number of rotatable bonds is 4. The molecule has 27 heavy (non-hydrogen) atoms. The van der Waals surface area contributed by atoms with Gasteiger partial charge >= 0.3 is 0 Å². The lowest BCUT2D eigenvalue weighted by molar-refractivity contribution is 0.102. The highest BCUT2D eigenvalue weighted by molar-refractivity contribution is 6.03. The number of ether oxygens (including phenoxy) is 2. The number of fused-ring (bicyclic) bond motifs is 1. The average molecular weight is 368 g/mol. The zero-order chi connectivity index (χ0) is 18.6. The highest BCUT2D eigenvalue weighted by atomic mass is 16.6. The van der Waals surface area contributed by atoms with E-state index >= 15 is 0 Å². The maximum atomic E-state index is 12.7. The molecule has 0 spiro atoms. The largest absolute Gasteiger partial charge is 0.486 e. The predicted molar refractivity (Wildman–Crippen MR) is 103 cm³/mol. The van der Waals surface area contributed by atoms with E-state index in [1.807, 2.05) is 6.92 Å². The van der Waals surface area contributed by atoms with Gasteiger partial charge in [-0.25, -0.2) is 9.97 Å². The van der Waals surface area contributed by atoms with Crippen molar-refractivity contribution >= 4 is 17.5 Å². The Kier molecular flexibility index (Phi) is 5.09. The summed E-state index contributed by atoms with van der Waals surface area (Å²) in [5.74, 6) is 1.58. The van der Waals surface area contributed by atoms with Crippen LogP contribution in [-0.2, 0) is 0 Å². The van der Waals surface area contributed by atoms with Crippen LogP contribution in [0, 0.1) is 6.92 Å². The van der Waals surface area contributed by atoms with Gasteiger partial charge in [-0.05, 0) is 38.0 Å². The van der Waals surface area contributed by atoms with Gasteiger partial charge in [-0.3, -0.25) is 4.79 Å². The first kappa shape index (κ1) is 17.6. The molecule has 2 aromatic rings. The second kappa shape index (κ2) is 7.82. The maximum Gasteiger partial charge on any atom is 0.274 e. The first-order chi connectivity index (χ1) is 13.2. The maximum absolute atomic E-state index is 12.7. The first-order valence-corrected chi connectivity index (χ1v) is 9.50. The molecule has 142 valence electrons. The molecule has 1 amide bonds. The highest BCUT2D eigenvalue weighted by Crippen LogP contribution is 2.32.